The third kappa shape index (κ3) is 2.04. The fraction of sp³-hybridized carbons (Fsp3) is 0.923. The van der Waals surface area contributed by atoms with E-state index in [0.29, 0.717) is 19.3 Å². The van der Waals surface area contributed by atoms with Gasteiger partial charge in [0.1, 0.15) is 11.7 Å². The van der Waals surface area contributed by atoms with Crippen molar-refractivity contribution in [3.63, 3.8) is 0 Å². The minimum Gasteiger partial charge on any atom is -0.337 e. The maximum absolute atomic E-state index is 12.4. The molecule has 2 fully saturated rings. The first-order chi connectivity index (χ1) is 8.12. The first-order valence-corrected chi connectivity index (χ1v) is 6.70. The minimum atomic E-state index is -0.793. The molecule has 2 aliphatic heterocycles. The number of amides is 1. The Morgan fingerprint density at radius 3 is 2.17 bits per heavy atom. The third-order valence-electron chi connectivity index (χ3n) is 3.99. The molecular formula is C13H25N3O2. The van der Waals surface area contributed by atoms with Crippen LogP contribution in [0.1, 0.15) is 53.9 Å². The summed E-state index contributed by atoms with van der Waals surface area (Å²) in [6, 6.07) is 0. The van der Waals surface area contributed by atoms with Gasteiger partial charge in [0.05, 0.1) is 0 Å². The van der Waals surface area contributed by atoms with Gasteiger partial charge < -0.3 is 15.8 Å². The van der Waals surface area contributed by atoms with Crippen molar-refractivity contribution in [3.8, 4) is 0 Å². The predicted molar refractivity (Wildman–Crippen MR) is 69.1 cm³/mol. The van der Waals surface area contributed by atoms with E-state index in [-0.39, 0.29) is 23.2 Å². The first-order valence-electron chi connectivity index (χ1n) is 6.70. The number of hydrogen-bond acceptors (Lipinski definition) is 4. The summed E-state index contributed by atoms with van der Waals surface area (Å²) in [7, 11) is 0. The number of hydrogen-bond donors (Lipinski definition) is 3. The van der Waals surface area contributed by atoms with E-state index in [1.165, 1.54) is 5.06 Å². The molecule has 18 heavy (non-hydrogen) atoms. The Morgan fingerprint density at radius 2 is 1.78 bits per heavy atom. The molecule has 104 valence electrons. The van der Waals surface area contributed by atoms with E-state index < -0.39 is 5.54 Å². The second-order valence-corrected chi connectivity index (χ2v) is 7.02. The van der Waals surface area contributed by atoms with Crippen molar-refractivity contribution in [1.29, 1.82) is 0 Å². The summed E-state index contributed by atoms with van der Waals surface area (Å²) in [6.45, 7) is 10.3. The lowest BCUT2D eigenvalue weighted by atomic mass is 9.70. The lowest BCUT2D eigenvalue weighted by molar-refractivity contribution is -0.200. The Balaban J connectivity index is 2.38. The van der Waals surface area contributed by atoms with E-state index in [9.17, 15) is 10.0 Å². The van der Waals surface area contributed by atoms with E-state index in [2.05, 4.69) is 38.3 Å². The molecule has 2 rings (SSSR count). The van der Waals surface area contributed by atoms with Gasteiger partial charge in [-0.15, -0.1) is 0 Å². The fourth-order valence-corrected chi connectivity index (χ4v) is 3.88. The average Bonchev–Trinajstić information content (AvgIpc) is 2.38. The van der Waals surface area contributed by atoms with E-state index in [0.717, 1.165) is 0 Å². The van der Waals surface area contributed by atoms with Crippen LogP contribution in [-0.2, 0) is 4.79 Å². The molecule has 5 nitrogen and oxygen atoms in total. The molecule has 2 heterocycles. The lowest BCUT2D eigenvalue weighted by Gasteiger charge is -2.51. The van der Waals surface area contributed by atoms with Gasteiger partial charge in [0.25, 0.3) is 0 Å². The number of carbonyl (C=O) groups is 1. The van der Waals surface area contributed by atoms with Gasteiger partial charge in [0.15, 0.2) is 0 Å². The summed E-state index contributed by atoms with van der Waals surface area (Å²) in [5, 5.41) is 18.1. The number of hydroxylamine groups is 2. The smallest absolute Gasteiger partial charge is 0.244 e. The third-order valence-corrected chi connectivity index (χ3v) is 3.99. The van der Waals surface area contributed by atoms with Crippen LogP contribution in [-0.4, -0.2) is 39.0 Å². The second-order valence-electron chi connectivity index (χ2n) is 7.02. The Bertz CT molecular complexity index is 349. The maximum atomic E-state index is 12.4. The van der Waals surface area contributed by atoms with Gasteiger partial charge >= 0.3 is 0 Å². The van der Waals surface area contributed by atoms with Crippen LogP contribution < -0.4 is 10.6 Å². The minimum absolute atomic E-state index is 0.0421. The molecule has 3 N–H and O–H groups in total. The Hall–Kier alpha value is -0.650. The molecule has 0 aromatic carbocycles. The highest BCUT2D eigenvalue weighted by Gasteiger charge is 2.59. The highest BCUT2D eigenvalue weighted by Crippen LogP contribution is 2.42. The van der Waals surface area contributed by atoms with Crippen LogP contribution in [0.4, 0.5) is 0 Å². The summed E-state index contributed by atoms with van der Waals surface area (Å²) in [5.41, 5.74) is -1.15. The fourth-order valence-electron chi connectivity index (χ4n) is 3.88. The Kier molecular flexibility index (Phi) is 3.00. The lowest BCUT2D eigenvalue weighted by Crippen LogP contribution is -2.68. The second kappa shape index (κ2) is 3.92. The van der Waals surface area contributed by atoms with Crippen LogP contribution in [0.2, 0.25) is 0 Å². The van der Waals surface area contributed by atoms with Crippen molar-refractivity contribution in [2.45, 2.75) is 76.7 Å². The van der Waals surface area contributed by atoms with Crippen molar-refractivity contribution in [2.24, 2.45) is 0 Å². The molecule has 1 amide bonds. The van der Waals surface area contributed by atoms with Crippen molar-refractivity contribution in [3.05, 3.63) is 0 Å². The van der Waals surface area contributed by atoms with Gasteiger partial charge in [-0.25, -0.2) is 0 Å². The predicted octanol–water partition coefficient (Wildman–Crippen LogP) is 1.22. The highest BCUT2D eigenvalue weighted by atomic mass is 16.5. The molecule has 5 heteroatoms. The van der Waals surface area contributed by atoms with Gasteiger partial charge in [0, 0.05) is 11.1 Å². The number of nitrogens with one attached hydrogen (secondary N) is 2. The quantitative estimate of drug-likeness (QED) is 0.659. The van der Waals surface area contributed by atoms with Crippen LogP contribution in [0, 0.1) is 0 Å². The number of nitrogens with zero attached hydrogens (tertiary/aromatic N) is 1. The summed E-state index contributed by atoms with van der Waals surface area (Å²) < 4.78 is 0. The molecule has 0 saturated carbocycles. The number of carbonyl (C=O) groups excluding carboxylic acids is 1. The summed E-state index contributed by atoms with van der Waals surface area (Å²) in [6.07, 6.45) is 1.67. The number of rotatable bonds is 1. The monoisotopic (exact) mass is 255 g/mol. The molecule has 2 saturated heterocycles. The molecule has 1 atom stereocenters. The summed E-state index contributed by atoms with van der Waals surface area (Å²) >= 11 is 0. The Morgan fingerprint density at radius 1 is 1.28 bits per heavy atom. The van der Waals surface area contributed by atoms with Crippen molar-refractivity contribution in [1.82, 2.24) is 15.7 Å². The van der Waals surface area contributed by atoms with Crippen LogP contribution in [0.3, 0.4) is 0 Å². The largest absolute Gasteiger partial charge is 0.337 e. The van der Waals surface area contributed by atoms with Gasteiger partial charge in [-0.1, -0.05) is 6.92 Å². The zero-order valence-electron chi connectivity index (χ0n) is 12.0. The standard InChI is InChI=1S/C13H25N3O2/c1-6-9-14-10(17)13(16(9)18)7-11(2,3)15-12(4,5)8-13/h9,15,18H,6-8H2,1-5H3,(H,14,17). The molecule has 2 aliphatic rings. The molecular weight excluding hydrogens is 230 g/mol. The van der Waals surface area contributed by atoms with Gasteiger partial charge in [-0.3, -0.25) is 4.79 Å². The number of piperidine rings is 1. The topological polar surface area (TPSA) is 64.6 Å². The normalized spacial score (nSPS) is 33.7. The molecule has 0 aromatic heterocycles. The maximum Gasteiger partial charge on any atom is 0.244 e. The van der Waals surface area contributed by atoms with Crippen LogP contribution in [0.15, 0.2) is 0 Å². The summed E-state index contributed by atoms with van der Waals surface area (Å²) in [5.74, 6) is -0.0421. The van der Waals surface area contributed by atoms with E-state index in [1.807, 2.05) is 6.92 Å². The van der Waals surface area contributed by atoms with Crippen LogP contribution in [0.5, 0.6) is 0 Å². The summed E-state index contributed by atoms with van der Waals surface area (Å²) in [4.78, 5) is 12.4. The molecule has 0 radical (unpaired) electrons. The van der Waals surface area contributed by atoms with Crippen molar-refractivity contribution >= 4 is 5.91 Å². The molecule has 1 spiro atoms. The van der Waals surface area contributed by atoms with Crippen LogP contribution >= 0.6 is 0 Å². The molecule has 0 aliphatic carbocycles. The van der Waals surface area contributed by atoms with E-state index in [1.54, 1.807) is 0 Å². The van der Waals surface area contributed by atoms with Gasteiger partial charge in [0.2, 0.25) is 5.91 Å². The van der Waals surface area contributed by atoms with Crippen molar-refractivity contribution in [2.75, 3.05) is 0 Å². The van der Waals surface area contributed by atoms with Gasteiger partial charge in [-0.05, 0) is 47.0 Å². The Labute approximate surface area is 109 Å². The van der Waals surface area contributed by atoms with Crippen LogP contribution in [0.25, 0.3) is 0 Å². The average molecular weight is 255 g/mol. The molecule has 0 aromatic rings. The zero-order chi connectivity index (χ0) is 13.8. The SMILES string of the molecule is CCC1NC(=O)C2(CC(C)(C)NC(C)(C)C2)N1O. The highest BCUT2D eigenvalue weighted by molar-refractivity contribution is 5.89. The molecule has 1 unspecified atom stereocenters. The zero-order valence-corrected chi connectivity index (χ0v) is 12.0. The molecule has 0 bridgehead atoms. The first kappa shape index (κ1) is 13.8. The van der Waals surface area contributed by atoms with E-state index in [4.69, 9.17) is 0 Å². The van der Waals surface area contributed by atoms with E-state index >= 15 is 0 Å². The van der Waals surface area contributed by atoms with Crippen molar-refractivity contribution < 1.29 is 10.0 Å². The van der Waals surface area contributed by atoms with Gasteiger partial charge in [-0.2, -0.15) is 5.06 Å².